The summed E-state index contributed by atoms with van der Waals surface area (Å²) < 4.78 is 27.0. The third-order valence-corrected chi connectivity index (χ3v) is 3.35. The zero-order valence-electron chi connectivity index (χ0n) is 7.41. The average Bonchev–Trinajstić information content (AvgIpc) is 2.38. The van der Waals surface area contributed by atoms with Gasteiger partial charge < -0.3 is 0 Å². The summed E-state index contributed by atoms with van der Waals surface area (Å²) in [7, 11) is 0. The van der Waals surface area contributed by atoms with Crippen molar-refractivity contribution in [1.29, 1.82) is 0 Å². The minimum absolute atomic E-state index is 0.195. The molecule has 0 saturated carbocycles. The summed E-state index contributed by atoms with van der Waals surface area (Å²) in [5.41, 5.74) is -0.0684. The molecular formula is C9H6BrF2NO2. The van der Waals surface area contributed by atoms with E-state index in [9.17, 15) is 18.9 Å². The molecule has 6 heteroatoms. The van der Waals surface area contributed by atoms with Crippen LogP contribution in [0.4, 0.5) is 14.5 Å². The molecule has 3 nitrogen and oxygen atoms in total. The van der Waals surface area contributed by atoms with Gasteiger partial charge in [-0.25, -0.2) is 8.78 Å². The van der Waals surface area contributed by atoms with E-state index in [0.29, 0.717) is 5.56 Å². The van der Waals surface area contributed by atoms with Crippen LogP contribution in [0.2, 0.25) is 0 Å². The molecule has 0 N–H and O–H groups in total. The normalized spacial score (nSPS) is 22.5. The van der Waals surface area contributed by atoms with E-state index in [-0.39, 0.29) is 17.7 Å². The van der Waals surface area contributed by atoms with Crippen LogP contribution >= 0.6 is 15.9 Å². The van der Waals surface area contributed by atoms with Gasteiger partial charge in [-0.15, -0.1) is 0 Å². The van der Waals surface area contributed by atoms with Crippen molar-refractivity contribution in [3.63, 3.8) is 0 Å². The lowest BCUT2D eigenvalue weighted by Gasteiger charge is -2.13. The lowest BCUT2D eigenvalue weighted by atomic mass is 10.1. The number of fused-ring (bicyclic) bond motifs is 1. The molecular weight excluding hydrogens is 272 g/mol. The van der Waals surface area contributed by atoms with Crippen LogP contribution in [0.3, 0.4) is 0 Å². The molecule has 0 amide bonds. The first-order valence-electron chi connectivity index (χ1n) is 4.22. The molecule has 0 bridgehead atoms. The second-order valence-corrected chi connectivity index (χ2v) is 4.50. The highest BCUT2D eigenvalue weighted by molar-refractivity contribution is 9.09. The third kappa shape index (κ3) is 1.52. The number of rotatable bonds is 1. The van der Waals surface area contributed by atoms with Crippen molar-refractivity contribution < 1.29 is 13.7 Å². The molecule has 1 aromatic carbocycles. The molecule has 0 unspecified atom stereocenters. The standard InChI is InChI=1S/C9H6BrF2NO2/c10-8-3-5-1-2-6(13(14)15)4-7(5)9(8,11)12/h1-2,4,8H,3H2/t8-/m1/s1. The molecule has 0 heterocycles. The summed E-state index contributed by atoms with van der Waals surface area (Å²) in [6.07, 6.45) is 0.195. The topological polar surface area (TPSA) is 43.1 Å². The van der Waals surface area contributed by atoms with Gasteiger partial charge in [0, 0.05) is 17.7 Å². The fourth-order valence-corrected chi connectivity index (χ4v) is 2.25. The molecule has 1 aromatic rings. The van der Waals surface area contributed by atoms with E-state index in [1.807, 2.05) is 0 Å². The molecule has 0 spiro atoms. The van der Waals surface area contributed by atoms with Crippen LogP contribution in [0.25, 0.3) is 0 Å². The zero-order chi connectivity index (χ0) is 11.2. The van der Waals surface area contributed by atoms with E-state index in [1.165, 1.54) is 12.1 Å². The minimum atomic E-state index is -3.03. The minimum Gasteiger partial charge on any atom is -0.258 e. The Morgan fingerprint density at radius 3 is 2.80 bits per heavy atom. The Hall–Kier alpha value is -1.04. The number of benzene rings is 1. The second-order valence-electron chi connectivity index (χ2n) is 3.39. The molecule has 1 atom stereocenters. The average molecular weight is 278 g/mol. The van der Waals surface area contributed by atoms with Crippen molar-refractivity contribution in [3.05, 3.63) is 39.4 Å². The van der Waals surface area contributed by atoms with Gasteiger partial charge in [0.1, 0.15) is 0 Å². The molecule has 0 aromatic heterocycles. The van der Waals surface area contributed by atoms with Gasteiger partial charge in [-0.2, -0.15) is 0 Å². The predicted molar refractivity (Wildman–Crippen MR) is 53.4 cm³/mol. The Bertz CT molecular complexity index is 436. The van der Waals surface area contributed by atoms with Crippen LogP contribution in [0.15, 0.2) is 18.2 Å². The smallest absolute Gasteiger partial charge is 0.258 e. The number of nitro groups is 1. The molecule has 0 radical (unpaired) electrons. The largest absolute Gasteiger partial charge is 0.286 e. The Kier molecular flexibility index (Phi) is 2.26. The molecule has 15 heavy (non-hydrogen) atoms. The highest BCUT2D eigenvalue weighted by atomic mass is 79.9. The number of hydrogen-bond donors (Lipinski definition) is 0. The van der Waals surface area contributed by atoms with E-state index in [0.717, 1.165) is 6.07 Å². The van der Waals surface area contributed by atoms with Crippen molar-refractivity contribution in [2.24, 2.45) is 0 Å². The van der Waals surface area contributed by atoms with Gasteiger partial charge in [-0.05, 0) is 12.0 Å². The first kappa shape index (κ1) is 10.5. The van der Waals surface area contributed by atoms with Gasteiger partial charge in [0.05, 0.1) is 9.75 Å². The number of nitrogens with zero attached hydrogens (tertiary/aromatic N) is 1. The van der Waals surface area contributed by atoms with Crippen LogP contribution < -0.4 is 0 Å². The fourth-order valence-electron chi connectivity index (χ4n) is 1.66. The Labute approximate surface area is 92.4 Å². The quantitative estimate of drug-likeness (QED) is 0.450. The second kappa shape index (κ2) is 3.23. The molecule has 0 fully saturated rings. The van der Waals surface area contributed by atoms with Crippen LogP contribution in [-0.4, -0.2) is 9.75 Å². The highest BCUT2D eigenvalue weighted by Crippen LogP contribution is 2.46. The Morgan fingerprint density at radius 1 is 1.53 bits per heavy atom. The van der Waals surface area contributed by atoms with Crippen LogP contribution in [0, 0.1) is 10.1 Å². The van der Waals surface area contributed by atoms with Gasteiger partial charge in [0.25, 0.3) is 11.6 Å². The van der Waals surface area contributed by atoms with E-state index in [4.69, 9.17) is 0 Å². The maximum Gasteiger partial charge on any atom is 0.286 e. The van der Waals surface area contributed by atoms with Crippen molar-refractivity contribution in [1.82, 2.24) is 0 Å². The summed E-state index contributed by atoms with van der Waals surface area (Å²) in [5, 5.41) is 10.4. The van der Waals surface area contributed by atoms with Gasteiger partial charge in [-0.1, -0.05) is 22.0 Å². The van der Waals surface area contributed by atoms with E-state index in [1.54, 1.807) is 0 Å². The lowest BCUT2D eigenvalue weighted by molar-refractivity contribution is -0.385. The lowest BCUT2D eigenvalue weighted by Crippen LogP contribution is -2.20. The van der Waals surface area contributed by atoms with Crippen LogP contribution in [0.5, 0.6) is 0 Å². The van der Waals surface area contributed by atoms with E-state index < -0.39 is 15.7 Å². The van der Waals surface area contributed by atoms with E-state index in [2.05, 4.69) is 15.9 Å². The maximum absolute atomic E-state index is 13.5. The predicted octanol–water partition coefficient (Wildman–Crippen LogP) is 3.01. The summed E-state index contributed by atoms with van der Waals surface area (Å²) >= 11 is 2.88. The Morgan fingerprint density at radius 2 is 2.20 bits per heavy atom. The van der Waals surface area contributed by atoms with Gasteiger partial charge in [0.2, 0.25) is 0 Å². The third-order valence-electron chi connectivity index (χ3n) is 2.46. The number of hydrogen-bond acceptors (Lipinski definition) is 2. The number of nitro benzene ring substituents is 1. The SMILES string of the molecule is O=[N+]([O-])c1ccc2c(c1)C(F)(F)[C@H](Br)C2. The Balaban J connectivity index is 2.55. The number of halogens is 3. The van der Waals surface area contributed by atoms with Crippen molar-refractivity contribution in [2.75, 3.05) is 0 Å². The first-order valence-corrected chi connectivity index (χ1v) is 5.14. The number of alkyl halides is 3. The molecule has 2 rings (SSSR count). The van der Waals surface area contributed by atoms with Crippen molar-refractivity contribution in [2.45, 2.75) is 17.2 Å². The highest BCUT2D eigenvalue weighted by Gasteiger charge is 2.47. The zero-order valence-corrected chi connectivity index (χ0v) is 9.00. The van der Waals surface area contributed by atoms with Gasteiger partial charge in [0.15, 0.2) is 0 Å². The first-order chi connectivity index (χ1) is 6.93. The summed E-state index contributed by atoms with van der Waals surface area (Å²) in [6.45, 7) is 0. The van der Waals surface area contributed by atoms with Gasteiger partial charge in [-0.3, -0.25) is 10.1 Å². The van der Waals surface area contributed by atoms with Crippen molar-refractivity contribution >= 4 is 21.6 Å². The summed E-state index contributed by atoms with van der Waals surface area (Å²) in [4.78, 5) is 8.80. The summed E-state index contributed by atoms with van der Waals surface area (Å²) in [5.74, 6) is -3.03. The van der Waals surface area contributed by atoms with Crippen LogP contribution in [-0.2, 0) is 12.3 Å². The molecule has 1 aliphatic carbocycles. The van der Waals surface area contributed by atoms with E-state index >= 15 is 0 Å². The summed E-state index contributed by atoms with van der Waals surface area (Å²) in [6, 6.07) is 3.60. The maximum atomic E-state index is 13.5. The molecule has 0 aliphatic heterocycles. The van der Waals surface area contributed by atoms with Crippen molar-refractivity contribution in [3.8, 4) is 0 Å². The fraction of sp³-hybridized carbons (Fsp3) is 0.333. The van der Waals surface area contributed by atoms with Gasteiger partial charge >= 0.3 is 0 Å². The van der Waals surface area contributed by atoms with Crippen LogP contribution in [0.1, 0.15) is 11.1 Å². The monoisotopic (exact) mass is 277 g/mol. The number of non-ortho nitro benzene ring substituents is 1. The molecule has 80 valence electrons. The molecule has 0 saturated heterocycles. The molecule has 1 aliphatic rings.